The summed E-state index contributed by atoms with van der Waals surface area (Å²) in [7, 11) is 0. The van der Waals surface area contributed by atoms with Crippen molar-refractivity contribution in [2.45, 2.75) is 38.5 Å². The van der Waals surface area contributed by atoms with Crippen LogP contribution in [0, 0.1) is 0 Å². The summed E-state index contributed by atoms with van der Waals surface area (Å²) in [6.07, 6.45) is 18.7. The molecule has 2 aromatic rings. The van der Waals surface area contributed by atoms with Crippen LogP contribution in [-0.2, 0) is 6.42 Å². The number of allylic oxidation sites excluding steroid dienone is 7. The maximum absolute atomic E-state index is 6.21. The van der Waals surface area contributed by atoms with Gasteiger partial charge in [-0.2, -0.15) is 0 Å². The molecule has 0 N–H and O–H groups in total. The molecule has 1 aliphatic rings. The SMILES string of the molecule is C=CCc1c(/C=C\C(=C)/C=C\C)ccc2nc(C3C=CCCC3)oc12. The third-order valence-electron chi connectivity index (χ3n) is 4.49. The number of aromatic nitrogens is 1. The van der Waals surface area contributed by atoms with Crippen molar-refractivity contribution < 1.29 is 4.42 Å². The van der Waals surface area contributed by atoms with E-state index in [0.717, 1.165) is 53.0 Å². The van der Waals surface area contributed by atoms with Gasteiger partial charge in [-0.15, -0.1) is 6.58 Å². The zero-order valence-corrected chi connectivity index (χ0v) is 14.9. The number of rotatable bonds is 6. The van der Waals surface area contributed by atoms with Crippen molar-refractivity contribution in [2.24, 2.45) is 0 Å². The number of benzene rings is 1. The molecule has 0 spiro atoms. The zero-order chi connectivity index (χ0) is 17.6. The van der Waals surface area contributed by atoms with Gasteiger partial charge in [0.05, 0.1) is 5.92 Å². The lowest BCUT2D eigenvalue weighted by atomic mass is 9.96. The molecule has 1 aromatic heterocycles. The normalized spacial score (nSPS) is 17.7. The molecule has 1 heterocycles. The minimum Gasteiger partial charge on any atom is -0.440 e. The van der Waals surface area contributed by atoms with Gasteiger partial charge in [0.25, 0.3) is 0 Å². The van der Waals surface area contributed by atoms with Crippen LogP contribution in [0.25, 0.3) is 17.2 Å². The summed E-state index contributed by atoms with van der Waals surface area (Å²) in [5, 5.41) is 0. The van der Waals surface area contributed by atoms with Crippen molar-refractivity contribution in [1.29, 1.82) is 0 Å². The topological polar surface area (TPSA) is 26.0 Å². The first-order valence-corrected chi connectivity index (χ1v) is 8.92. The monoisotopic (exact) mass is 331 g/mol. The van der Waals surface area contributed by atoms with E-state index in [2.05, 4.69) is 37.5 Å². The molecule has 1 unspecified atom stereocenters. The molecule has 2 nitrogen and oxygen atoms in total. The highest BCUT2D eigenvalue weighted by Crippen LogP contribution is 2.32. The second-order valence-corrected chi connectivity index (χ2v) is 6.40. The Bertz CT molecular complexity index is 864. The van der Waals surface area contributed by atoms with Crippen molar-refractivity contribution in [3.63, 3.8) is 0 Å². The van der Waals surface area contributed by atoms with Crippen molar-refractivity contribution >= 4 is 17.2 Å². The fourth-order valence-electron chi connectivity index (χ4n) is 3.23. The van der Waals surface area contributed by atoms with Crippen LogP contribution < -0.4 is 0 Å². The summed E-state index contributed by atoms with van der Waals surface area (Å²) >= 11 is 0. The number of nitrogens with zero attached hydrogens (tertiary/aromatic N) is 1. The second kappa shape index (κ2) is 7.98. The first-order valence-electron chi connectivity index (χ1n) is 8.92. The smallest absolute Gasteiger partial charge is 0.202 e. The van der Waals surface area contributed by atoms with Crippen LogP contribution in [0.5, 0.6) is 0 Å². The molecule has 0 radical (unpaired) electrons. The molecular formula is C23H25NO. The summed E-state index contributed by atoms with van der Waals surface area (Å²) in [6.45, 7) is 9.91. The van der Waals surface area contributed by atoms with Gasteiger partial charge >= 0.3 is 0 Å². The van der Waals surface area contributed by atoms with Gasteiger partial charge in [0.15, 0.2) is 5.58 Å². The fraction of sp³-hybridized carbons (Fsp3) is 0.261. The maximum atomic E-state index is 6.21. The Hall–Kier alpha value is -2.61. The molecule has 1 atom stereocenters. The van der Waals surface area contributed by atoms with Crippen molar-refractivity contribution in [3.8, 4) is 0 Å². The summed E-state index contributed by atoms with van der Waals surface area (Å²) in [4.78, 5) is 4.74. The first kappa shape index (κ1) is 17.2. The van der Waals surface area contributed by atoms with Gasteiger partial charge in [-0.1, -0.05) is 55.2 Å². The lowest BCUT2D eigenvalue weighted by Gasteiger charge is -2.11. The molecule has 1 aromatic carbocycles. The van der Waals surface area contributed by atoms with Crippen LogP contribution in [0.15, 0.2) is 71.7 Å². The quantitative estimate of drug-likeness (QED) is 0.444. The van der Waals surface area contributed by atoms with Crippen LogP contribution in [-0.4, -0.2) is 4.98 Å². The number of hydrogen-bond acceptors (Lipinski definition) is 2. The number of oxazole rings is 1. The van der Waals surface area contributed by atoms with Gasteiger partial charge in [0.2, 0.25) is 5.89 Å². The first-order chi connectivity index (χ1) is 12.2. The molecule has 0 aliphatic heterocycles. The molecule has 2 heteroatoms. The number of fused-ring (bicyclic) bond motifs is 1. The van der Waals surface area contributed by atoms with Gasteiger partial charge in [0, 0.05) is 5.56 Å². The molecule has 1 aliphatic carbocycles. The minimum absolute atomic E-state index is 0.297. The summed E-state index contributed by atoms with van der Waals surface area (Å²) in [5.74, 6) is 1.13. The van der Waals surface area contributed by atoms with E-state index in [-0.39, 0.29) is 0 Å². The van der Waals surface area contributed by atoms with Gasteiger partial charge < -0.3 is 4.42 Å². The second-order valence-electron chi connectivity index (χ2n) is 6.40. The highest BCUT2D eigenvalue weighted by atomic mass is 16.3. The molecule has 128 valence electrons. The highest BCUT2D eigenvalue weighted by Gasteiger charge is 2.19. The average Bonchev–Trinajstić information content (AvgIpc) is 3.07. The molecule has 0 saturated heterocycles. The van der Waals surface area contributed by atoms with E-state index < -0.39 is 0 Å². The minimum atomic E-state index is 0.297. The van der Waals surface area contributed by atoms with E-state index >= 15 is 0 Å². The molecule has 0 fully saturated rings. The standard InChI is InChI=1S/C23H25NO/c1-4-9-17(3)13-14-18-15-16-21-22(20(18)10-5-2)25-23(24-21)19-11-7-6-8-12-19/h4-5,7,9,11,13-16,19H,2-3,6,8,10,12H2,1H3/b9-4-,14-13-. The largest absolute Gasteiger partial charge is 0.440 e. The predicted molar refractivity (Wildman–Crippen MR) is 107 cm³/mol. The lowest BCUT2D eigenvalue weighted by Crippen LogP contribution is -1.98. The van der Waals surface area contributed by atoms with E-state index in [1.165, 1.54) is 6.42 Å². The Morgan fingerprint density at radius 3 is 2.96 bits per heavy atom. The third-order valence-corrected chi connectivity index (χ3v) is 4.49. The van der Waals surface area contributed by atoms with Crippen LogP contribution in [0.2, 0.25) is 0 Å². The van der Waals surface area contributed by atoms with E-state index in [0.29, 0.717) is 5.92 Å². The summed E-state index contributed by atoms with van der Waals surface area (Å²) in [5.41, 5.74) is 5.04. The summed E-state index contributed by atoms with van der Waals surface area (Å²) < 4.78 is 6.21. The van der Waals surface area contributed by atoms with Crippen molar-refractivity contribution in [3.05, 3.63) is 84.3 Å². The Morgan fingerprint density at radius 2 is 2.24 bits per heavy atom. The molecule has 0 bridgehead atoms. The van der Waals surface area contributed by atoms with Crippen LogP contribution in [0.4, 0.5) is 0 Å². The zero-order valence-electron chi connectivity index (χ0n) is 14.9. The molecule has 0 saturated carbocycles. The molecule has 0 amide bonds. The predicted octanol–water partition coefficient (Wildman–Crippen LogP) is 6.53. The highest BCUT2D eigenvalue weighted by molar-refractivity contribution is 5.81. The van der Waals surface area contributed by atoms with Gasteiger partial charge in [0.1, 0.15) is 5.52 Å². The molecule has 25 heavy (non-hydrogen) atoms. The molecule has 3 rings (SSSR count). The third kappa shape index (κ3) is 3.90. The van der Waals surface area contributed by atoms with Crippen LogP contribution in [0.1, 0.15) is 49.1 Å². The van der Waals surface area contributed by atoms with E-state index in [1.807, 2.05) is 37.3 Å². The Balaban J connectivity index is 2.02. The summed E-state index contributed by atoms with van der Waals surface area (Å²) in [6, 6.07) is 4.14. The molecular weight excluding hydrogens is 306 g/mol. The van der Waals surface area contributed by atoms with E-state index in [1.54, 1.807) is 0 Å². The van der Waals surface area contributed by atoms with Gasteiger partial charge in [-0.3, -0.25) is 0 Å². The van der Waals surface area contributed by atoms with E-state index in [9.17, 15) is 0 Å². The Kier molecular flexibility index (Phi) is 5.49. The van der Waals surface area contributed by atoms with Gasteiger partial charge in [-0.25, -0.2) is 4.98 Å². The lowest BCUT2D eigenvalue weighted by molar-refractivity contribution is 0.476. The van der Waals surface area contributed by atoms with Crippen molar-refractivity contribution in [2.75, 3.05) is 0 Å². The van der Waals surface area contributed by atoms with Gasteiger partial charge in [-0.05, 0) is 49.8 Å². The van der Waals surface area contributed by atoms with Crippen LogP contribution in [0.3, 0.4) is 0 Å². The van der Waals surface area contributed by atoms with Crippen molar-refractivity contribution in [1.82, 2.24) is 4.98 Å². The Morgan fingerprint density at radius 1 is 1.36 bits per heavy atom. The van der Waals surface area contributed by atoms with E-state index in [4.69, 9.17) is 9.40 Å². The Labute approximate surface area is 150 Å². The van der Waals surface area contributed by atoms with Crippen LogP contribution >= 0.6 is 0 Å². The maximum Gasteiger partial charge on any atom is 0.202 e. The average molecular weight is 331 g/mol. The number of hydrogen-bond donors (Lipinski definition) is 0. The fourth-order valence-corrected chi connectivity index (χ4v) is 3.23.